The average molecular weight is 316 g/mol. The fourth-order valence-corrected chi connectivity index (χ4v) is 4.14. The summed E-state index contributed by atoms with van der Waals surface area (Å²) < 4.78 is 13.3. The summed E-state index contributed by atoms with van der Waals surface area (Å²) >= 11 is 0. The van der Waals surface area contributed by atoms with Gasteiger partial charge in [-0.05, 0) is 36.8 Å². The molecular weight excluding hydrogens is 303 g/mol. The van der Waals surface area contributed by atoms with Crippen molar-refractivity contribution in [3.05, 3.63) is 46.3 Å². The second-order valence-electron chi connectivity index (χ2n) is 6.24. The number of carbonyl (C=O) groups is 2. The van der Waals surface area contributed by atoms with Crippen molar-refractivity contribution < 1.29 is 18.9 Å². The van der Waals surface area contributed by atoms with Crippen LogP contribution in [0.15, 0.2) is 30.4 Å². The quantitative estimate of drug-likeness (QED) is 0.363. The average Bonchev–Trinajstić information content (AvgIpc) is 2.82. The Morgan fingerprint density at radius 1 is 1.09 bits per heavy atom. The van der Waals surface area contributed by atoms with Gasteiger partial charge in [0.1, 0.15) is 11.5 Å². The van der Waals surface area contributed by atoms with Crippen LogP contribution < -0.4 is 4.90 Å². The normalized spacial score (nSPS) is 31.6. The fourth-order valence-electron chi connectivity index (χ4n) is 4.14. The standard InChI is InChI=1S/C16H13FN2O4/c17-10-5-6-11(12(7-10)19(22)23)18-15(20)13-8-1-2-9(4-3-8)14(13)16(18)21/h1-2,5-9,13-14H,3-4H2/t8-,9-,13-,14-/m0/s1. The molecule has 3 aliphatic carbocycles. The van der Waals surface area contributed by atoms with E-state index >= 15 is 0 Å². The Morgan fingerprint density at radius 3 is 2.13 bits per heavy atom. The van der Waals surface area contributed by atoms with Gasteiger partial charge in [0.25, 0.3) is 5.69 Å². The second kappa shape index (κ2) is 4.71. The van der Waals surface area contributed by atoms with E-state index in [0.717, 1.165) is 35.9 Å². The molecule has 2 bridgehead atoms. The van der Waals surface area contributed by atoms with Gasteiger partial charge in [-0.3, -0.25) is 19.7 Å². The number of carbonyl (C=O) groups excluding carboxylic acids is 2. The van der Waals surface area contributed by atoms with Gasteiger partial charge in [-0.2, -0.15) is 0 Å². The summed E-state index contributed by atoms with van der Waals surface area (Å²) in [5.74, 6) is -2.48. The lowest BCUT2D eigenvalue weighted by Gasteiger charge is -2.38. The van der Waals surface area contributed by atoms with Gasteiger partial charge in [0, 0.05) is 0 Å². The zero-order valence-electron chi connectivity index (χ0n) is 12.0. The highest BCUT2D eigenvalue weighted by atomic mass is 19.1. The molecule has 2 amide bonds. The van der Waals surface area contributed by atoms with Crippen molar-refractivity contribution in [1.82, 2.24) is 0 Å². The molecular formula is C16H13FN2O4. The number of imide groups is 1. The summed E-state index contributed by atoms with van der Waals surface area (Å²) in [5.41, 5.74) is -0.703. The van der Waals surface area contributed by atoms with Crippen LogP contribution in [-0.4, -0.2) is 16.7 Å². The van der Waals surface area contributed by atoms with Crippen molar-refractivity contribution >= 4 is 23.2 Å². The summed E-state index contributed by atoms with van der Waals surface area (Å²) in [6.45, 7) is 0. The first-order valence-electron chi connectivity index (χ1n) is 7.49. The number of rotatable bonds is 2. The van der Waals surface area contributed by atoms with E-state index in [1.165, 1.54) is 0 Å². The largest absolute Gasteiger partial charge is 0.296 e. The van der Waals surface area contributed by atoms with Gasteiger partial charge >= 0.3 is 0 Å². The third-order valence-corrected chi connectivity index (χ3v) is 5.13. The van der Waals surface area contributed by atoms with E-state index < -0.39 is 40.1 Å². The highest BCUT2D eigenvalue weighted by Crippen LogP contribution is 2.51. The van der Waals surface area contributed by atoms with Gasteiger partial charge in [-0.15, -0.1) is 0 Å². The van der Waals surface area contributed by atoms with Crippen molar-refractivity contribution in [2.24, 2.45) is 23.7 Å². The summed E-state index contributed by atoms with van der Waals surface area (Å²) in [6.07, 6.45) is 5.65. The molecule has 23 heavy (non-hydrogen) atoms. The third-order valence-electron chi connectivity index (χ3n) is 5.13. The molecule has 2 fully saturated rings. The summed E-state index contributed by atoms with van der Waals surface area (Å²) in [4.78, 5) is 36.8. The number of fused-ring (bicyclic) bond motifs is 1. The number of halogens is 1. The Hall–Kier alpha value is -2.57. The predicted octanol–water partition coefficient (Wildman–Crippen LogP) is 2.44. The zero-order chi connectivity index (χ0) is 16.3. The number of hydrogen-bond acceptors (Lipinski definition) is 4. The molecule has 0 unspecified atom stereocenters. The van der Waals surface area contributed by atoms with Crippen molar-refractivity contribution in [2.45, 2.75) is 12.8 Å². The van der Waals surface area contributed by atoms with Gasteiger partial charge in [0.2, 0.25) is 11.8 Å². The van der Waals surface area contributed by atoms with E-state index in [1.807, 2.05) is 12.2 Å². The molecule has 1 heterocycles. The Labute approximate surface area is 130 Å². The van der Waals surface area contributed by atoms with E-state index in [4.69, 9.17) is 0 Å². The number of benzene rings is 1. The minimum Gasteiger partial charge on any atom is -0.274 e. The van der Waals surface area contributed by atoms with Gasteiger partial charge < -0.3 is 0 Å². The summed E-state index contributed by atoms with van der Waals surface area (Å²) in [5, 5.41) is 11.2. The van der Waals surface area contributed by atoms with E-state index in [9.17, 15) is 24.1 Å². The van der Waals surface area contributed by atoms with E-state index in [2.05, 4.69) is 0 Å². The molecule has 1 saturated carbocycles. The lowest BCUT2D eigenvalue weighted by atomic mass is 9.63. The molecule has 5 rings (SSSR count). The van der Waals surface area contributed by atoms with Crippen LogP contribution in [0.3, 0.4) is 0 Å². The molecule has 0 radical (unpaired) electrons. The fraction of sp³-hybridized carbons (Fsp3) is 0.375. The first kappa shape index (κ1) is 14.0. The Balaban J connectivity index is 1.81. The Bertz CT molecular complexity index is 743. The van der Waals surface area contributed by atoms with Crippen LogP contribution in [0.2, 0.25) is 0 Å². The van der Waals surface area contributed by atoms with Crippen LogP contribution in [0.4, 0.5) is 15.8 Å². The Kier molecular flexibility index (Phi) is 2.88. The molecule has 0 aromatic heterocycles. The van der Waals surface area contributed by atoms with Gasteiger partial charge in [-0.1, -0.05) is 12.2 Å². The lowest BCUT2D eigenvalue weighted by Crippen LogP contribution is -2.38. The molecule has 7 heteroatoms. The first-order chi connectivity index (χ1) is 11.0. The third kappa shape index (κ3) is 1.85. The number of allylic oxidation sites excluding steroid dienone is 2. The van der Waals surface area contributed by atoms with E-state index in [0.29, 0.717) is 0 Å². The number of anilines is 1. The molecule has 1 aliphatic heterocycles. The zero-order valence-corrected chi connectivity index (χ0v) is 12.0. The summed E-state index contributed by atoms with van der Waals surface area (Å²) in [7, 11) is 0. The molecule has 0 N–H and O–H groups in total. The van der Waals surface area contributed by atoms with Crippen molar-refractivity contribution in [2.75, 3.05) is 4.90 Å². The highest BCUT2D eigenvalue weighted by molar-refractivity contribution is 6.23. The van der Waals surface area contributed by atoms with Crippen LogP contribution in [0.1, 0.15) is 12.8 Å². The second-order valence-corrected chi connectivity index (χ2v) is 6.24. The molecule has 1 aromatic rings. The van der Waals surface area contributed by atoms with Crippen LogP contribution in [0.5, 0.6) is 0 Å². The SMILES string of the molecule is O=C1[C@@H]2[C@@H](C(=O)N1c1ccc(F)cc1[N+](=O)[O-])[C@H]1C=C[C@H]2CC1. The van der Waals surface area contributed by atoms with Gasteiger partial charge in [0.05, 0.1) is 22.8 Å². The van der Waals surface area contributed by atoms with Crippen molar-refractivity contribution in [1.29, 1.82) is 0 Å². The van der Waals surface area contributed by atoms with Crippen LogP contribution in [-0.2, 0) is 9.59 Å². The first-order valence-corrected chi connectivity index (χ1v) is 7.49. The summed E-state index contributed by atoms with van der Waals surface area (Å²) in [6, 6.07) is 2.90. The topological polar surface area (TPSA) is 80.5 Å². The molecule has 0 spiro atoms. The smallest absolute Gasteiger partial charge is 0.274 e. The minimum atomic E-state index is -0.779. The highest BCUT2D eigenvalue weighted by Gasteiger charge is 2.57. The van der Waals surface area contributed by atoms with Crippen molar-refractivity contribution in [3.8, 4) is 0 Å². The number of nitro groups is 1. The van der Waals surface area contributed by atoms with Gasteiger partial charge in [-0.25, -0.2) is 9.29 Å². The minimum absolute atomic E-state index is 0.00551. The van der Waals surface area contributed by atoms with E-state index in [-0.39, 0.29) is 17.5 Å². The maximum atomic E-state index is 13.3. The monoisotopic (exact) mass is 316 g/mol. The van der Waals surface area contributed by atoms with Crippen LogP contribution in [0.25, 0.3) is 0 Å². The predicted molar refractivity (Wildman–Crippen MR) is 77.9 cm³/mol. The maximum Gasteiger partial charge on any atom is 0.296 e. The number of amides is 2. The number of nitrogens with zero attached hydrogens (tertiary/aromatic N) is 2. The maximum absolute atomic E-state index is 13.3. The van der Waals surface area contributed by atoms with Gasteiger partial charge in [0.15, 0.2) is 0 Å². The van der Waals surface area contributed by atoms with E-state index in [1.54, 1.807) is 0 Å². The molecule has 6 nitrogen and oxygen atoms in total. The van der Waals surface area contributed by atoms with Crippen LogP contribution in [0, 0.1) is 39.6 Å². The lowest BCUT2D eigenvalue weighted by molar-refractivity contribution is -0.384. The molecule has 118 valence electrons. The number of hydrogen-bond donors (Lipinski definition) is 0. The Morgan fingerprint density at radius 2 is 1.65 bits per heavy atom. The molecule has 1 saturated heterocycles. The van der Waals surface area contributed by atoms with Crippen LogP contribution >= 0.6 is 0 Å². The molecule has 4 atom stereocenters. The molecule has 1 aromatic carbocycles. The van der Waals surface area contributed by atoms with Crippen molar-refractivity contribution in [3.63, 3.8) is 0 Å². The molecule has 4 aliphatic rings. The number of nitro benzene ring substituents is 1.